The number of hydrogen-bond donors (Lipinski definition) is 3. The van der Waals surface area contributed by atoms with Gasteiger partial charge in [-0.1, -0.05) is 24.3 Å². The second-order valence-corrected chi connectivity index (χ2v) is 8.81. The molecule has 2 aromatic carbocycles. The molecule has 0 aromatic heterocycles. The molecule has 1 fully saturated rings. The van der Waals surface area contributed by atoms with E-state index in [9.17, 15) is 12.8 Å². The first-order chi connectivity index (χ1) is 13.4. The number of guanidine groups is 1. The maximum atomic E-state index is 13.5. The zero-order valence-corrected chi connectivity index (χ0v) is 16.8. The first-order valence-corrected chi connectivity index (χ1v) is 10.6. The lowest BCUT2D eigenvalue weighted by Gasteiger charge is -2.19. The first-order valence-electron chi connectivity index (χ1n) is 9.12. The van der Waals surface area contributed by atoms with Gasteiger partial charge >= 0.3 is 0 Å². The van der Waals surface area contributed by atoms with Gasteiger partial charge in [-0.15, -0.1) is 0 Å². The average molecular weight is 405 g/mol. The van der Waals surface area contributed by atoms with Gasteiger partial charge < -0.3 is 10.6 Å². The predicted octanol–water partition coefficient (Wildman–Crippen LogP) is 2.13. The smallest absolute Gasteiger partial charge is 0.240 e. The molecular formula is C20H25FN4O2S. The van der Waals surface area contributed by atoms with E-state index in [0.717, 1.165) is 24.0 Å². The summed E-state index contributed by atoms with van der Waals surface area (Å²) in [6.07, 6.45) is 2.03. The second kappa shape index (κ2) is 8.28. The molecule has 0 aliphatic heterocycles. The SMILES string of the molecule is CN=C(NCc1ccc(S(=O)(=O)NC)cc1)NCC1(c2cccc(F)c2)CC1. The summed E-state index contributed by atoms with van der Waals surface area (Å²) in [6.45, 7) is 1.18. The van der Waals surface area contributed by atoms with Crippen LogP contribution in [0.25, 0.3) is 0 Å². The Hall–Kier alpha value is -2.45. The van der Waals surface area contributed by atoms with Crippen molar-refractivity contribution in [3.8, 4) is 0 Å². The van der Waals surface area contributed by atoms with Crippen molar-refractivity contribution < 1.29 is 12.8 Å². The Morgan fingerprint density at radius 2 is 1.86 bits per heavy atom. The van der Waals surface area contributed by atoms with E-state index in [1.165, 1.54) is 13.1 Å². The second-order valence-electron chi connectivity index (χ2n) is 6.92. The minimum Gasteiger partial charge on any atom is -0.356 e. The number of nitrogens with one attached hydrogen (secondary N) is 3. The number of aliphatic imine (C=N–C) groups is 1. The average Bonchev–Trinajstić information content (AvgIpc) is 3.50. The lowest BCUT2D eigenvalue weighted by Crippen LogP contribution is -2.40. The zero-order chi connectivity index (χ0) is 20.2. The molecule has 3 rings (SSSR count). The Morgan fingerprint density at radius 1 is 1.14 bits per heavy atom. The molecule has 0 spiro atoms. The molecule has 1 saturated carbocycles. The summed E-state index contributed by atoms with van der Waals surface area (Å²) >= 11 is 0. The first kappa shape index (κ1) is 20.3. The van der Waals surface area contributed by atoms with Crippen molar-refractivity contribution in [2.24, 2.45) is 4.99 Å². The third kappa shape index (κ3) is 4.69. The standard InChI is InChI=1S/C20H25FN4O2S/c1-22-19(24-13-15-6-8-18(9-7-15)28(26,27)23-2)25-14-20(10-11-20)16-4-3-5-17(21)12-16/h3-9,12,23H,10-11,13-14H2,1-2H3,(H2,22,24,25). The molecule has 1 aliphatic carbocycles. The third-order valence-corrected chi connectivity index (χ3v) is 6.50. The van der Waals surface area contributed by atoms with Gasteiger partial charge in [0.2, 0.25) is 10.0 Å². The summed E-state index contributed by atoms with van der Waals surface area (Å²) in [5.41, 5.74) is 1.91. The molecule has 0 saturated heterocycles. The maximum absolute atomic E-state index is 13.5. The highest BCUT2D eigenvalue weighted by atomic mass is 32.2. The van der Waals surface area contributed by atoms with Crippen molar-refractivity contribution in [3.05, 3.63) is 65.5 Å². The summed E-state index contributed by atoms with van der Waals surface area (Å²) < 4.78 is 39.4. The fourth-order valence-electron chi connectivity index (χ4n) is 3.10. The lowest BCUT2D eigenvalue weighted by molar-refractivity contribution is 0.588. The van der Waals surface area contributed by atoms with E-state index in [2.05, 4.69) is 20.3 Å². The van der Waals surface area contributed by atoms with Gasteiger partial charge in [0.05, 0.1) is 4.90 Å². The van der Waals surface area contributed by atoms with Crippen LogP contribution in [0.4, 0.5) is 4.39 Å². The van der Waals surface area contributed by atoms with Crippen molar-refractivity contribution in [2.75, 3.05) is 20.6 Å². The van der Waals surface area contributed by atoms with E-state index < -0.39 is 10.0 Å². The summed E-state index contributed by atoms with van der Waals surface area (Å²) in [6, 6.07) is 13.4. The number of hydrogen-bond acceptors (Lipinski definition) is 3. The van der Waals surface area contributed by atoms with E-state index in [-0.39, 0.29) is 16.1 Å². The van der Waals surface area contributed by atoms with Gasteiger partial charge in [-0.25, -0.2) is 17.5 Å². The van der Waals surface area contributed by atoms with Crippen LogP contribution in [0.2, 0.25) is 0 Å². The topological polar surface area (TPSA) is 82.6 Å². The Labute approximate surface area is 165 Å². The third-order valence-electron chi connectivity index (χ3n) is 5.07. The van der Waals surface area contributed by atoms with Crippen molar-refractivity contribution in [1.29, 1.82) is 0 Å². The molecule has 0 heterocycles. The molecule has 28 heavy (non-hydrogen) atoms. The van der Waals surface area contributed by atoms with Crippen LogP contribution in [0.1, 0.15) is 24.0 Å². The van der Waals surface area contributed by atoms with E-state index in [1.807, 2.05) is 6.07 Å². The molecule has 0 atom stereocenters. The molecule has 1 aliphatic rings. The van der Waals surface area contributed by atoms with Gasteiger partial charge in [0, 0.05) is 25.6 Å². The van der Waals surface area contributed by atoms with E-state index >= 15 is 0 Å². The Kier molecular flexibility index (Phi) is 6.00. The quantitative estimate of drug-likeness (QED) is 0.488. The van der Waals surface area contributed by atoms with Crippen molar-refractivity contribution in [1.82, 2.24) is 15.4 Å². The highest BCUT2D eigenvalue weighted by Crippen LogP contribution is 2.47. The van der Waals surface area contributed by atoms with Crippen LogP contribution in [0.5, 0.6) is 0 Å². The number of sulfonamides is 1. The van der Waals surface area contributed by atoms with Crippen molar-refractivity contribution >= 4 is 16.0 Å². The maximum Gasteiger partial charge on any atom is 0.240 e. The molecule has 3 N–H and O–H groups in total. The fourth-order valence-corrected chi connectivity index (χ4v) is 3.83. The highest BCUT2D eigenvalue weighted by Gasteiger charge is 2.44. The van der Waals surface area contributed by atoms with Crippen LogP contribution in [0.3, 0.4) is 0 Å². The van der Waals surface area contributed by atoms with Crippen LogP contribution in [0.15, 0.2) is 58.4 Å². The van der Waals surface area contributed by atoms with Gasteiger partial charge in [-0.05, 0) is 55.3 Å². The van der Waals surface area contributed by atoms with Gasteiger partial charge in [0.25, 0.3) is 0 Å². The molecule has 6 nitrogen and oxygen atoms in total. The van der Waals surface area contributed by atoms with Crippen molar-refractivity contribution in [2.45, 2.75) is 29.7 Å². The molecule has 0 radical (unpaired) electrons. The number of rotatable bonds is 7. The summed E-state index contributed by atoms with van der Waals surface area (Å²) in [4.78, 5) is 4.46. The normalized spacial score (nSPS) is 15.9. The Balaban J connectivity index is 1.56. The molecular weight excluding hydrogens is 379 g/mol. The molecule has 0 amide bonds. The van der Waals surface area contributed by atoms with Crippen molar-refractivity contribution in [3.63, 3.8) is 0 Å². The van der Waals surface area contributed by atoms with Crippen LogP contribution < -0.4 is 15.4 Å². The zero-order valence-electron chi connectivity index (χ0n) is 16.0. The molecule has 2 aromatic rings. The number of nitrogens with zero attached hydrogens (tertiary/aromatic N) is 1. The van der Waals surface area contributed by atoms with Crippen LogP contribution in [-0.2, 0) is 22.0 Å². The fraction of sp³-hybridized carbons (Fsp3) is 0.350. The van der Waals surface area contributed by atoms with Gasteiger partial charge in [0.1, 0.15) is 5.82 Å². The Morgan fingerprint density at radius 3 is 2.43 bits per heavy atom. The van der Waals surface area contributed by atoms with Crippen LogP contribution in [-0.4, -0.2) is 35.0 Å². The monoisotopic (exact) mass is 404 g/mol. The minimum atomic E-state index is -3.43. The summed E-state index contributed by atoms with van der Waals surface area (Å²) in [5.74, 6) is 0.435. The lowest BCUT2D eigenvalue weighted by atomic mass is 9.96. The van der Waals surface area contributed by atoms with E-state index in [4.69, 9.17) is 0 Å². The number of benzene rings is 2. The van der Waals surface area contributed by atoms with E-state index in [1.54, 1.807) is 43.4 Å². The molecule has 0 unspecified atom stereocenters. The summed E-state index contributed by atoms with van der Waals surface area (Å²) in [7, 11) is -0.352. The largest absolute Gasteiger partial charge is 0.356 e. The Bertz CT molecular complexity index is 954. The van der Waals surface area contributed by atoms with Crippen LogP contribution >= 0.6 is 0 Å². The molecule has 8 heteroatoms. The van der Waals surface area contributed by atoms with Gasteiger partial charge in [0.15, 0.2) is 5.96 Å². The van der Waals surface area contributed by atoms with E-state index in [0.29, 0.717) is 19.0 Å². The summed E-state index contributed by atoms with van der Waals surface area (Å²) in [5, 5.41) is 6.54. The highest BCUT2D eigenvalue weighted by molar-refractivity contribution is 7.89. The van der Waals surface area contributed by atoms with Gasteiger partial charge in [-0.3, -0.25) is 4.99 Å². The molecule has 0 bridgehead atoms. The van der Waals surface area contributed by atoms with Gasteiger partial charge in [-0.2, -0.15) is 0 Å². The predicted molar refractivity (Wildman–Crippen MR) is 108 cm³/mol. The number of halogens is 1. The van der Waals surface area contributed by atoms with Crippen LogP contribution in [0, 0.1) is 5.82 Å². The minimum absolute atomic E-state index is 0.0388. The molecule has 150 valence electrons.